The van der Waals surface area contributed by atoms with Crippen LogP contribution in [0.15, 0.2) is 89.7 Å². The fourth-order valence-corrected chi connectivity index (χ4v) is 7.34. The van der Waals surface area contributed by atoms with Crippen LogP contribution >= 0.6 is 11.3 Å². The van der Waals surface area contributed by atoms with Gasteiger partial charge in [0.15, 0.2) is 0 Å². The van der Waals surface area contributed by atoms with Crippen molar-refractivity contribution < 1.29 is 0 Å². The van der Waals surface area contributed by atoms with Crippen LogP contribution in [0.4, 0.5) is 0 Å². The molecule has 2 aromatic heterocycles. The van der Waals surface area contributed by atoms with Crippen LogP contribution in [0.25, 0.3) is 10.1 Å². The minimum absolute atomic E-state index is 0.0790. The molecule has 0 saturated carbocycles. The van der Waals surface area contributed by atoms with Crippen LogP contribution < -0.4 is 5.56 Å². The topological polar surface area (TPSA) is 38.1 Å². The van der Waals surface area contributed by atoms with E-state index in [-0.39, 0.29) is 11.6 Å². The molecule has 3 heterocycles. The van der Waals surface area contributed by atoms with Crippen molar-refractivity contribution in [3.8, 4) is 0 Å². The molecule has 6 rings (SSSR count). The van der Waals surface area contributed by atoms with Crippen LogP contribution in [-0.4, -0.2) is 21.0 Å². The van der Waals surface area contributed by atoms with Gasteiger partial charge in [0.1, 0.15) is 5.82 Å². The minimum Gasteiger partial charge on any atom is -0.293 e. The summed E-state index contributed by atoms with van der Waals surface area (Å²) in [5.74, 6) is 1.23. The SMILES string of the molecule is Cc1nc2c(c(=O)n1C(c1ccccc1)c1ccccc1)CN(Cc1sc3ccccc3c1C(C)C)CC2. The average Bonchev–Trinajstić information content (AvgIpc) is 3.30. The smallest absolute Gasteiger partial charge is 0.259 e. The number of thiophene rings is 1. The van der Waals surface area contributed by atoms with Gasteiger partial charge in [0.2, 0.25) is 0 Å². The van der Waals surface area contributed by atoms with E-state index in [2.05, 4.69) is 67.3 Å². The van der Waals surface area contributed by atoms with Gasteiger partial charge in [-0.05, 0) is 41.0 Å². The Hall–Kier alpha value is -3.54. The molecule has 4 nitrogen and oxygen atoms in total. The largest absolute Gasteiger partial charge is 0.293 e. The Bertz CT molecular complexity index is 1600. The van der Waals surface area contributed by atoms with Crippen molar-refractivity contribution in [2.75, 3.05) is 6.54 Å². The molecule has 5 heteroatoms. The number of nitrogens with zero attached hydrogens (tertiary/aromatic N) is 3. The quantitative estimate of drug-likeness (QED) is 0.240. The molecule has 192 valence electrons. The minimum atomic E-state index is -0.215. The van der Waals surface area contributed by atoms with Gasteiger partial charge in [-0.25, -0.2) is 4.98 Å². The highest BCUT2D eigenvalue weighted by atomic mass is 32.1. The van der Waals surface area contributed by atoms with Crippen LogP contribution in [-0.2, 0) is 19.5 Å². The van der Waals surface area contributed by atoms with Crippen molar-refractivity contribution in [3.63, 3.8) is 0 Å². The second-order valence-electron chi connectivity index (χ2n) is 10.5. The number of aromatic nitrogens is 2. The fourth-order valence-electron chi connectivity index (χ4n) is 5.93. The molecule has 38 heavy (non-hydrogen) atoms. The van der Waals surface area contributed by atoms with E-state index in [4.69, 9.17) is 4.98 Å². The zero-order valence-corrected chi connectivity index (χ0v) is 23.0. The molecule has 0 bridgehead atoms. The third kappa shape index (κ3) is 4.50. The molecule has 0 unspecified atom stereocenters. The maximum absolute atomic E-state index is 14.2. The van der Waals surface area contributed by atoms with Crippen molar-refractivity contribution in [3.05, 3.63) is 134 Å². The zero-order valence-electron chi connectivity index (χ0n) is 22.2. The monoisotopic (exact) mass is 519 g/mol. The van der Waals surface area contributed by atoms with Crippen molar-refractivity contribution >= 4 is 21.4 Å². The number of fused-ring (bicyclic) bond motifs is 2. The highest BCUT2D eigenvalue weighted by Gasteiger charge is 2.28. The predicted octanol–water partition coefficient (Wildman–Crippen LogP) is 7.09. The summed E-state index contributed by atoms with van der Waals surface area (Å²) >= 11 is 1.90. The molecule has 1 aliphatic rings. The van der Waals surface area contributed by atoms with Gasteiger partial charge in [0.05, 0.1) is 17.3 Å². The van der Waals surface area contributed by atoms with Crippen LogP contribution in [0, 0.1) is 6.92 Å². The summed E-state index contributed by atoms with van der Waals surface area (Å²) in [7, 11) is 0. The van der Waals surface area contributed by atoms with E-state index in [0.29, 0.717) is 12.5 Å². The Morgan fingerprint density at radius 2 is 1.53 bits per heavy atom. The van der Waals surface area contributed by atoms with Gasteiger partial charge in [-0.2, -0.15) is 0 Å². The summed E-state index contributed by atoms with van der Waals surface area (Å²) in [6.45, 7) is 8.93. The standard InChI is InChI=1S/C33H33N3OS/c1-22(2)31-26-16-10-11-17-29(26)38-30(31)21-35-19-18-28-27(20-35)33(37)36(23(3)34-28)32(24-12-6-4-7-13-24)25-14-8-5-9-15-25/h4-17,22,32H,18-21H2,1-3H3. The summed E-state index contributed by atoms with van der Waals surface area (Å²) in [6, 6.07) is 29.1. The van der Waals surface area contributed by atoms with E-state index in [1.165, 1.54) is 20.5 Å². The number of benzene rings is 3. The average molecular weight is 520 g/mol. The molecule has 0 atom stereocenters. The van der Waals surface area contributed by atoms with Gasteiger partial charge in [0, 0.05) is 35.6 Å². The molecule has 0 saturated heterocycles. The normalized spacial score (nSPS) is 13.9. The van der Waals surface area contributed by atoms with Crippen LogP contribution in [0.5, 0.6) is 0 Å². The number of rotatable bonds is 6. The van der Waals surface area contributed by atoms with Crippen LogP contribution in [0.2, 0.25) is 0 Å². The number of hydrogen-bond acceptors (Lipinski definition) is 4. The molecule has 5 aromatic rings. The van der Waals surface area contributed by atoms with E-state index < -0.39 is 0 Å². The highest BCUT2D eigenvalue weighted by Crippen LogP contribution is 2.37. The molecule has 3 aromatic carbocycles. The Kier molecular flexibility index (Phi) is 6.73. The molecule has 0 spiro atoms. The second-order valence-corrected chi connectivity index (χ2v) is 11.7. The molecule has 0 amide bonds. The van der Waals surface area contributed by atoms with Gasteiger partial charge >= 0.3 is 0 Å². The Morgan fingerprint density at radius 3 is 2.18 bits per heavy atom. The van der Waals surface area contributed by atoms with Crippen molar-refractivity contribution in [2.24, 2.45) is 0 Å². The summed E-state index contributed by atoms with van der Waals surface area (Å²) in [4.78, 5) is 23.1. The number of hydrogen-bond donors (Lipinski definition) is 0. The maximum atomic E-state index is 14.2. The molecule has 0 fully saturated rings. The maximum Gasteiger partial charge on any atom is 0.259 e. The van der Waals surface area contributed by atoms with Gasteiger partial charge in [-0.1, -0.05) is 92.7 Å². The van der Waals surface area contributed by atoms with Gasteiger partial charge in [0.25, 0.3) is 5.56 Å². The third-order valence-corrected chi connectivity index (χ3v) is 8.83. The fraction of sp³-hybridized carbons (Fsp3) is 0.273. The first-order valence-electron chi connectivity index (χ1n) is 13.4. The van der Waals surface area contributed by atoms with Crippen molar-refractivity contribution in [2.45, 2.75) is 52.2 Å². The lowest BCUT2D eigenvalue weighted by Crippen LogP contribution is -2.40. The summed E-state index contributed by atoms with van der Waals surface area (Å²) < 4.78 is 3.25. The van der Waals surface area contributed by atoms with Crippen molar-refractivity contribution in [1.82, 2.24) is 14.5 Å². The first-order valence-corrected chi connectivity index (χ1v) is 14.3. The van der Waals surface area contributed by atoms with E-state index in [1.54, 1.807) is 0 Å². The molecular formula is C33H33N3OS. The van der Waals surface area contributed by atoms with Gasteiger partial charge in [-0.3, -0.25) is 14.3 Å². The van der Waals surface area contributed by atoms with E-state index in [0.717, 1.165) is 47.7 Å². The molecule has 0 aliphatic carbocycles. The first kappa shape index (κ1) is 24.8. The molecular weight excluding hydrogens is 486 g/mol. The third-order valence-electron chi connectivity index (χ3n) is 7.66. The predicted molar refractivity (Wildman–Crippen MR) is 157 cm³/mol. The van der Waals surface area contributed by atoms with Crippen molar-refractivity contribution in [1.29, 1.82) is 0 Å². The lowest BCUT2D eigenvalue weighted by Gasteiger charge is -2.30. The zero-order chi connectivity index (χ0) is 26.2. The first-order chi connectivity index (χ1) is 18.5. The van der Waals surface area contributed by atoms with E-state index in [9.17, 15) is 4.79 Å². The summed E-state index contributed by atoms with van der Waals surface area (Å²) in [5, 5.41) is 1.37. The summed E-state index contributed by atoms with van der Waals surface area (Å²) in [6.07, 6.45) is 0.801. The molecule has 0 radical (unpaired) electrons. The Balaban J connectivity index is 1.39. The summed E-state index contributed by atoms with van der Waals surface area (Å²) in [5.41, 5.74) is 5.50. The van der Waals surface area contributed by atoms with Crippen LogP contribution in [0.1, 0.15) is 64.5 Å². The lowest BCUT2D eigenvalue weighted by molar-refractivity contribution is 0.241. The Morgan fingerprint density at radius 1 is 0.895 bits per heavy atom. The van der Waals surface area contributed by atoms with Gasteiger partial charge < -0.3 is 0 Å². The molecule has 0 N–H and O–H groups in total. The molecule has 1 aliphatic heterocycles. The van der Waals surface area contributed by atoms with Gasteiger partial charge in [-0.15, -0.1) is 11.3 Å². The van der Waals surface area contributed by atoms with E-state index >= 15 is 0 Å². The van der Waals surface area contributed by atoms with E-state index in [1.807, 2.05) is 59.2 Å². The van der Waals surface area contributed by atoms with Crippen LogP contribution in [0.3, 0.4) is 0 Å². The number of aryl methyl sites for hydroxylation is 1. The Labute approximate surface area is 228 Å². The highest BCUT2D eigenvalue weighted by molar-refractivity contribution is 7.19. The lowest BCUT2D eigenvalue weighted by atomic mass is 9.97. The second kappa shape index (κ2) is 10.3.